The molecule has 1 N–H and O–H groups in total. The van der Waals surface area contributed by atoms with Gasteiger partial charge in [0.05, 0.1) is 20.2 Å². The maximum Gasteiger partial charge on any atom is 0.387 e. The van der Waals surface area contributed by atoms with Crippen molar-refractivity contribution in [1.29, 1.82) is 0 Å². The molecule has 0 bridgehead atoms. The number of aromatic nitrogens is 1. The molecule has 0 saturated heterocycles. The molecular weight excluding hydrogens is 354 g/mol. The van der Waals surface area contributed by atoms with Crippen LogP contribution in [0.25, 0.3) is 0 Å². The molecule has 0 aliphatic carbocycles. The van der Waals surface area contributed by atoms with Crippen molar-refractivity contribution in [3.8, 4) is 11.5 Å². The first kappa shape index (κ1) is 20.5. The minimum Gasteiger partial charge on any atom is -0.497 e. The van der Waals surface area contributed by atoms with Crippen LogP contribution in [0.15, 0.2) is 41.5 Å². The molecule has 8 heteroatoms. The second kappa shape index (κ2) is 9.80. The second-order valence-electron chi connectivity index (χ2n) is 5.99. The number of rotatable bonds is 8. The van der Waals surface area contributed by atoms with Gasteiger partial charge in [0.1, 0.15) is 11.5 Å². The number of ether oxygens (including phenoxy) is 2. The summed E-state index contributed by atoms with van der Waals surface area (Å²) >= 11 is 0. The highest BCUT2D eigenvalue weighted by atomic mass is 19.3. The summed E-state index contributed by atoms with van der Waals surface area (Å²) < 4.78 is 37.2. The van der Waals surface area contributed by atoms with Crippen molar-refractivity contribution in [3.05, 3.63) is 47.8 Å². The fourth-order valence-corrected chi connectivity index (χ4v) is 2.61. The van der Waals surface area contributed by atoms with Crippen molar-refractivity contribution in [3.63, 3.8) is 0 Å². The summed E-state index contributed by atoms with van der Waals surface area (Å²) in [6.45, 7) is 0.627. The van der Waals surface area contributed by atoms with Gasteiger partial charge >= 0.3 is 6.61 Å². The lowest BCUT2D eigenvalue weighted by Crippen LogP contribution is -2.38. The lowest BCUT2D eigenvalue weighted by molar-refractivity contribution is -0.0505. The molecule has 1 heterocycles. The third kappa shape index (κ3) is 5.87. The lowest BCUT2D eigenvalue weighted by atomic mass is 10.2. The van der Waals surface area contributed by atoms with E-state index in [2.05, 4.69) is 15.0 Å². The third-order valence-corrected chi connectivity index (χ3v) is 4.04. The maximum atomic E-state index is 12.7. The summed E-state index contributed by atoms with van der Waals surface area (Å²) in [6.07, 6.45) is 1.98. The molecule has 1 aromatic carbocycles. The van der Waals surface area contributed by atoms with Gasteiger partial charge in [-0.2, -0.15) is 8.78 Å². The zero-order valence-electron chi connectivity index (χ0n) is 16.1. The number of aliphatic imine (C=N–C) groups is 1. The Balaban J connectivity index is 2.19. The largest absolute Gasteiger partial charge is 0.497 e. The van der Waals surface area contributed by atoms with Crippen LogP contribution in [-0.4, -0.2) is 42.7 Å². The van der Waals surface area contributed by atoms with Gasteiger partial charge in [-0.3, -0.25) is 0 Å². The van der Waals surface area contributed by atoms with E-state index in [4.69, 9.17) is 4.74 Å². The van der Waals surface area contributed by atoms with Crippen LogP contribution in [-0.2, 0) is 20.1 Å². The highest BCUT2D eigenvalue weighted by Crippen LogP contribution is 2.27. The Kier molecular flexibility index (Phi) is 7.45. The summed E-state index contributed by atoms with van der Waals surface area (Å²) in [5.74, 6) is 1.19. The fourth-order valence-electron chi connectivity index (χ4n) is 2.61. The summed E-state index contributed by atoms with van der Waals surface area (Å²) in [4.78, 5) is 6.56. The maximum absolute atomic E-state index is 12.7. The van der Waals surface area contributed by atoms with Crippen LogP contribution in [0.4, 0.5) is 8.78 Å². The van der Waals surface area contributed by atoms with Crippen LogP contribution in [0.5, 0.6) is 11.5 Å². The van der Waals surface area contributed by atoms with Crippen molar-refractivity contribution < 1.29 is 18.3 Å². The average Bonchev–Trinajstić information content (AvgIpc) is 3.03. The molecule has 0 spiro atoms. The molecule has 2 rings (SSSR count). The molecule has 1 aromatic heterocycles. The third-order valence-electron chi connectivity index (χ3n) is 4.04. The number of methoxy groups -OCH3 is 1. The van der Waals surface area contributed by atoms with E-state index in [0.29, 0.717) is 30.4 Å². The SMILES string of the molecule is CCNC(=NCc1ccc(OC)cc1OC(F)F)N(C)Cc1cccn1C. The molecule has 0 amide bonds. The first-order valence-electron chi connectivity index (χ1n) is 8.66. The van der Waals surface area contributed by atoms with E-state index in [1.54, 1.807) is 12.1 Å². The Labute approximate surface area is 158 Å². The number of hydrogen-bond acceptors (Lipinski definition) is 3. The van der Waals surface area contributed by atoms with Gasteiger partial charge in [0, 0.05) is 44.2 Å². The van der Waals surface area contributed by atoms with Gasteiger partial charge in [-0.05, 0) is 31.2 Å². The molecule has 0 aliphatic rings. The molecule has 0 aliphatic heterocycles. The van der Waals surface area contributed by atoms with Gasteiger partial charge in [-0.15, -0.1) is 0 Å². The van der Waals surface area contributed by atoms with Gasteiger partial charge in [-0.1, -0.05) is 0 Å². The van der Waals surface area contributed by atoms with Gasteiger partial charge in [0.2, 0.25) is 0 Å². The minimum absolute atomic E-state index is 0.0639. The molecule has 2 aromatic rings. The lowest BCUT2D eigenvalue weighted by Gasteiger charge is -2.22. The van der Waals surface area contributed by atoms with E-state index in [1.807, 2.05) is 48.8 Å². The first-order valence-corrected chi connectivity index (χ1v) is 8.66. The molecule has 0 fully saturated rings. The van der Waals surface area contributed by atoms with Crippen molar-refractivity contribution in [2.24, 2.45) is 12.0 Å². The van der Waals surface area contributed by atoms with E-state index in [-0.39, 0.29) is 12.3 Å². The summed E-state index contributed by atoms with van der Waals surface area (Å²) in [5, 5.41) is 3.22. The van der Waals surface area contributed by atoms with E-state index in [1.165, 1.54) is 13.2 Å². The molecule has 0 unspecified atom stereocenters. The predicted molar refractivity (Wildman–Crippen MR) is 101 cm³/mol. The predicted octanol–water partition coefficient (Wildman–Crippen LogP) is 3.23. The van der Waals surface area contributed by atoms with Crippen LogP contribution >= 0.6 is 0 Å². The van der Waals surface area contributed by atoms with Gasteiger partial charge in [0.15, 0.2) is 5.96 Å². The summed E-state index contributed by atoms with van der Waals surface area (Å²) in [7, 11) is 5.39. The van der Waals surface area contributed by atoms with Crippen LogP contribution in [0.1, 0.15) is 18.2 Å². The molecule has 0 saturated carbocycles. The Hall–Kier alpha value is -2.77. The van der Waals surface area contributed by atoms with E-state index < -0.39 is 6.61 Å². The zero-order chi connectivity index (χ0) is 19.8. The molecule has 27 heavy (non-hydrogen) atoms. The zero-order valence-corrected chi connectivity index (χ0v) is 16.1. The molecule has 0 radical (unpaired) electrons. The minimum atomic E-state index is -2.91. The smallest absolute Gasteiger partial charge is 0.387 e. The molecule has 148 valence electrons. The summed E-state index contributed by atoms with van der Waals surface area (Å²) in [5.41, 5.74) is 1.69. The number of aryl methyl sites for hydroxylation is 1. The number of hydrogen-bond donors (Lipinski definition) is 1. The second-order valence-corrected chi connectivity index (χ2v) is 5.99. The Morgan fingerprint density at radius 1 is 1.33 bits per heavy atom. The number of guanidine groups is 1. The summed E-state index contributed by atoms with van der Waals surface area (Å²) in [6, 6.07) is 8.85. The number of nitrogens with one attached hydrogen (secondary N) is 1. The Morgan fingerprint density at radius 2 is 2.11 bits per heavy atom. The first-order chi connectivity index (χ1) is 12.9. The van der Waals surface area contributed by atoms with Crippen molar-refractivity contribution in [2.75, 3.05) is 20.7 Å². The number of alkyl halides is 2. The van der Waals surface area contributed by atoms with E-state index in [0.717, 1.165) is 5.69 Å². The van der Waals surface area contributed by atoms with E-state index >= 15 is 0 Å². The topological polar surface area (TPSA) is 51.0 Å². The molecule has 6 nitrogen and oxygen atoms in total. The van der Waals surface area contributed by atoms with Crippen LogP contribution in [0.3, 0.4) is 0 Å². The van der Waals surface area contributed by atoms with Crippen molar-refractivity contribution in [1.82, 2.24) is 14.8 Å². The van der Waals surface area contributed by atoms with E-state index in [9.17, 15) is 8.78 Å². The van der Waals surface area contributed by atoms with Gasteiger partial charge < -0.3 is 24.3 Å². The van der Waals surface area contributed by atoms with Crippen molar-refractivity contribution >= 4 is 5.96 Å². The van der Waals surface area contributed by atoms with Gasteiger partial charge in [0.25, 0.3) is 0 Å². The fraction of sp³-hybridized carbons (Fsp3) is 0.421. The monoisotopic (exact) mass is 380 g/mol. The highest BCUT2D eigenvalue weighted by molar-refractivity contribution is 5.79. The number of benzene rings is 1. The van der Waals surface area contributed by atoms with Crippen LogP contribution in [0.2, 0.25) is 0 Å². The standard InChI is InChI=1S/C19H26F2N4O2/c1-5-22-19(25(3)13-15-7-6-10-24(15)2)23-12-14-8-9-16(26-4)11-17(14)27-18(20)21/h6-11,18H,5,12-13H2,1-4H3,(H,22,23). The Morgan fingerprint density at radius 3 is 2.70 bits per heavy atom. The highest BCUT2D eigenvalue weighted by Gasteiger charge is 2.13. The molecule has 0 atom stereocenters. The number of halogens is 2. The van der Waals surface area contributed by atoms with Crippen molar-refractivity contribution in [2.45, 2.75) is 26.6 Å². The normalized spacial score (nSPS) is 11.6. The van der Waals surface area contributed by atoms with Gasteiger partial charge in [-0.25, -0.2) is 4.99 Å². The Bertz CT molecular complexity index is 762. The average molecular weight is 380 g/mol. The van der Waals surface area contributed by atoms with Crippen LogP contribution in [0, 0.1) is 0 Å². The quantitative estimate of drug-likeness (QED) is 0.564. The van der Waals surface area contributed by atoms with Crippen LogP contribution < -0.4 is 14.8 Å². The number of nitrogens with zero attached hydrogens (tertiary/aromatic N) is 3. The molecular formula is C19H26F2N4O2.